The van der Waals surface area contributed by atoms with Crippen LogP contribution in [-0.4, -0.2) is 44.3 Å². The number of hydrogen-bond donors (Lipinski definition) is 2. The fraction of sp³-hybridized carbons (Fsp3) is 0.632. The molecular formula is C19H32N2O5. The van der Waals surface area contributed by atoms with Crippen molar-refractivity contribution >= 4 is 18.0 Å². The molecule has 0 fully saturated rings. The fourth-order valence-electron chi connectivity index (χ4n) is 1.59. The Morgan fingerprint density at radius 3 is 1.35 bits per heavy atom. The first-order valence-electron chi connectivity index (χ1n) is 8.43. The molecule has 0 saturated heterocycles. The third kappa shape index (κ3) is 10.5. The molecule has 7 nitrogen and oxygen atoms in total. The van der Waals surface area contributed by atoms with Crippen molar-refractivity contribution in [3.8, 4) is 0 Å². The molecule has 0 aromatic heterocycles. The maximum atomic E-state index is 11.8. The lowest BCUT2D eigenvalue weighted by Gasteiger charge is -2.26. The lowest BCUT2D eigenvalue weighted by atomic mass is 9.94. The van der Waals surface area contributed by atoms with Gasteiger partial charge in [0.2, 0.25) is 11.8 Å². The Morgan fingerprint density at radius 1 is 0.769 bits per heavy atom. The van der Waals surface area contributed by atoms with Crippen LogP contribution in [0.5, 0.6) is 0 Å². The SMILES string of the molecule is C=C(C)C(=O)NCC(C)(C)COC(=O)OCC(C)(C)CNC(=O)C(=C)C. The van der Waals surface area contributed by atoms with Crippen LogP contribution in [0.15, 0.2) is 24.3 Å². The van der Waals surface area contributed by atoms with Crippen molar-refractivity contribution in [2.75, 3.05) is 26.3 Å². The Morgan fingerprint density at radius 2 is 1.08 bits per heavy atom. The van der Waals surface area contributed by atoms with Crippen molar-refractivity contribution in [3.63, 3.8) is 0 Å². The van der Waals surface area contributed by atoms with E-state index in [9.17, 15) is 14.4 Å². The number of amides is 2. The van der Waals surface area contributed by atoms with Gasteiger partial charge in [0, 0.05) is 35.1 Å². The summed E-state index contributed by atoms with van der Waals surface area (Å²) in [6, 6.07) is 0. The van der Waals surface area contributed by atoms with Crippen LogP contribution in [0.4, 0.5) is 4.79 Å². The molecule has 0 aliphatic rings. The number of carbonyl (C=O) groups is 3. The highest BCUT2D eigenvalue weighted by atomic mass is 16.7. The van der Waals surface area contributed by atoms with Crippen LogP contribution in [0, 0.1) is 10.8 Å². The largest absolute Gasteiger partial charge is 0.508 e. The molecule has 0 saturated carbocycles. The molecule has 0 aliphatic heterocycles. The number of rotatable bonds is 10. The van der Waals surface area contributed by atoms with E-state index >= 15 is 0 Å². The van der Waals surface area contributed by atoms with Crippen LogP contribution >= 0.6 is 0 Å². The minimum Gasteiger partial charge on any atom is -0.434 e. The highest BCUT2D eigenvalue weighted by Crippen LogP contribution is 2.17. The van der Waals surface area contributed by atoms with Gasteiger partial charge in [-0.15, -0.1) is 0 Å². The van der Waals surface area contributed by atoms with Gasteiger partial charge in [-0.2, -0.15) is 0 Å². The van der Waals surface area contributed by atoms with E-state index in [2.05, 4.69) is 23.8 Å². The van der Waals surface area contributed by atoms with Gasteiger partial charge in [0.1, 0.15) is 13.2 Å². The zero-order valence-electron chi connectivity index (χ0n) is 16.8. The van der Waals surface area contributed by atoms with Gasteiger partial charge >= 0.3 is 6.16 Å². The lowest BCUT2D eigenvalue weighted by molar-refractivity contribution is -0.118. The molecule has 0 rings (SSSR count). The predicted octanol–water partition coefficient (Wildman–Crippen LogP) is 2.58. The van der Waals surface area contributed by atoms with Gasteiger partial charge in [-0.1, -0.05) is 40.9 Å². The summed E-state index contributed by atoms with van der Waals surface area (Å²) < 4.78 is 10.2. The van der Waals surface area contributed by atoms with Crippen molar-refractivity contribution in [1.82, 2.24) is 10.6 Å². The van der Waals surface area contributed by atoms with E-state index in [0.29, 0.717) is 24.2 Å². The molecule has 0 bridgehead atoms. The zero-order valence-corrected chi connectivity index (χ0v) is 16.8. The quantitative estimate of drug-likeness (QED) is 0.457. The Balaban J connectivity index is 4.24. The van der Waals surface area contributed by atoms with Gasteiger partial charge < -0.3 is 20.1 Å². The Bertz CT molecular complexity index is 516. The van der Waals surface area contributed by atoms with E-state index in [4.69, 9.17) is 9.47 Å². The average molecular weight is 368 g/mol. The summed E-state index contributed by atoms with van der Waals surface area (Å²) in [6.07, 6.45) is -0.788. The fourth-order valence-corrected chi connectivity index (χ4v) is 1.59. The lowest BCUT2D eigenvalue weighted by Crippen LogP contribution is -2.39. The maximum Gasteiger partial charge on any atom is 0.508 e. The highest BCUT2D eigenvalue weighted by molar-refractivity contribution is 5.92. The van der Waals surface area contributed by atoms with Crippen LogP contribution in [0.3, 0.4) is 0 Å². The second kappa shape index (κ2) is 9.99. The smallest absolute Gasteiger partial charge is 0.434 e. The summed E-state index contributed by atoms with van der Waals surface area (Å²) in [5.41, 5.74) is -0.0614. The molecular weight excluding hydrogens is 336 g/mol. The van der Waals surface area contributed by atoms with Crippen LogP contribution in [0.2, 0.25) is 0 Å². The first-order valence-corrected chi connectivity index (χ1v) is 8.43. The predicted molar refractivity (Wildman–Crippen MR) is 101 cm³/mol. The number of ether oxygens (including phenoxy) is 2. The maximum absolute atomic E-state index is 11.8. The van der Waals surface area contributed by atoms with E-state index in [1.807, 2.05) is 27.7 Å². The summed E-state index contributed by atoms with van der Waals surface area (Å²) in [6.45, 7) is 18.7. The number of hydrogen-bond acceptors (Lipinski definition) is 5. The van der Waals surface area contributed by atoms with E-state index in [1.165, 1.54) is 0 Å². The molecule has 0 aromatic carbocycles. The van der Waals surface area contributed by atoms with Crippen molar-refractivity contribution in [2.24, 2.45) is 10.8 Å². The first kappa shape index (κ1) is 23.7. The van der Waals surface area contributed by atoms with Crippen molar-refractivity contribution < 1.29 is 23.9 Å². The van der Waals surface area contributed by atoms with Gasteiger partial charge in [0.15, 0.2) is 0 Å². The Kier molecular flexibility index (Phi) is 9.10. The van der Waals surface area contributed by atoms with Gasteiger partial charge in [-0.3, -0.25) is 9.59 Å². The second-order valence-electron chi connectivity index (χ2n) is 8.08. The van der Waals surface area contributed by atoms with Crippen LogP contribution in [0.1, 0.15) is 41.5 Å². The molecule has 148 valence electrons. The molecule has 0 spiro atoms. The van der Waals surface area contributed by atoms with Gasteiger partial charge in [0.05, 0.1) is 0 Å². The summed E-state index contributed by atoms with van der Waals surface area (Å²) in [4.78, 5) is 34.8. The monoisotopic (exact) mass is 368 g/mol. The summed E-state index contributed by atoms with van der Waals surface area (Å²) in [7, 11) is 0. The van der Waals surface area contributed by atoms with Crippen molar-refractivity contribution in [2.45, 2.75) is 41.5 Å². The molecule has 0 aliphatic carbocycles. The molecule has 0 unspecified atom stereocenters. The standard InChI is InChI=1S/C19H32N2O5/c1-13(2)15(22)20-9-18(5,6)11-25-17(24)26-12-19(7,8)10-21-16(23)14(3)4/h1,3,9-12H2,2,4-8H3,(H,20,22)(H,21,23). The molecule has 26 heavy (non-hydrogen) atoms. The van der Waals surface area contributed by atoms with E-state index in [-0.39, 0.29) is 25.0 Å². The summed E-state index contributed by atoms with van der Waals surface area (Å²) in [5.74, 6) is -0.474. The molecule has 7 heteroatoms. The van der Waals surface area contributed by atoms with E-state index in [1.54, 1.807) is 13.8 Å². The topological polar surface area (TPSA) is 93.7 Å². The molecule has 0 heterocycles. The van der Waals surface area contributed by atoms with Gasteiger partial charge in [-0.05, 0) is 13.8 Å². The third-order valence-electron chi connectivity index (χ3n) is 3.39. The second-order valence-corrected chi connectivity index (χ2v) is 8.08. The normalized spacial score (nSPS) is 11.3. The van der Waals surface area contributed by atoms with Crippen LogP contribution in [-0.2, 0) is 19.1 Å². The highest BCUT2D eigenvalue weighted by Gasteiger charge is 2.25. The average Bonchev–Trinajstić information content (AvgIpc) is 2.53. The Hall–Kier alpha value is -2.31. The van der Waals surface area contributed by atoms with Crippen LogP contribution in [0.25, 0.3) is 0 Å². The summed E-state index contributed by atoms with van der Waals surface area (Å²) >= 11 is 0. The third-order valence-corrected chi connectivity index (χ3v) is 3.39. The van der Waals surface area contributed by atoms with Gasteiger partial charge in [-0.25, -0.2) is 4.79 Å². The first-order chi connectivity index (χ1) is 11.8. The van der Waals surface area contributed by atoms with Crippen LogP contribution < -0.4 is 10.6 Å². The minimum absolute atomic E-state index is 0.0924. The van der Waals surface area contributed by atoms with Gasteiger partial charge in [0.25, 0.3) is 0 Å². The number of nitrogens with one attached hydrogen (secondary N) is 2. The summed E-state index contributed by atoms with van der Waals surface area (Å²) in [5, 5.41) is 5.44. The van der Waals surface area contributed by atoms with E-state index < -0.39 is 17.0 Å². The molecule has 0 radical (unpaired) electrons. The zero-order chi connectivity index (χ0) is 20.5. The van der Waals surface area contributed by atoms with E-state index in [0.717, 1.165) is 0 Å². The van der Waals surface area contributed by atoms with Crippen molar-refractivity contribution in [3.05, 3.63) is 24.3 Å². The van der Waals surface area contributed by atoms with Crippen molar-refractivity contribution in [1.29, 1.82) is 0 Å². The Labute approximate surface area is 156 Å². The molecule has 0 aromatic rings. The molecule has 2 amide bonds. The number of carbonyl (C=O) groups excluding carboxylic acids is 3. The molecule has 2 N–H and O–H groups in total. The minimum atomic E-state index is -0.788. The molecule has 0 atom stereocenters.